The van der Waals surface area contributed by atoms with Crippen LogP contribution >= 0.6 is 11.6 Å². The summed E-state index contributed by atoms with van der Waals surface area (Å²) >= 11 is 6.14. The number of carbonyl (C=O) groups is 2. The first kappa shape index (κ1) is 34.2. The minimum absolute atomic E-state index is 0.0494. The average Bonchev–Trinajstić information content (AvgIpc) is 3.62. The van der Waals surface area contributed by atoms with Gasteiger partial charge in [-0.05, 0) is 62.3 Å². The number of ether oxygens (including phenoxy) is 1. The summed E-state index contributed by atoms with van der Waals surface area (Å²) in [7, 11) is 0. The highest BCUT2D eigenvalue weighted by molar-refractivity contribution is 6.33. The number of aromatic nitrogens is 6. The fraction of sp³-hybridized carbons (Fsp3) is 0.441. The molecule has 0 unspecified atom stereocenters. The quantitative estimate of drug-likeness (QED) is 0.282. The van der Waals surface area contributed by atoms with Crippen LogP contribution in [0.4, 0.5) is 23.2 Å². The first-order valence-corrected chi connectivity index (χ1v) is 17.1. The summed E-state index contributed by atoms with van der Waals surface area (Å²) in [5.41, 5.74) is -1.60. The molecule has 5 heterocycles. The van der Waals surface area contributed by atoms with Gasteiger partial charge in [0.1, 0.15) is 19.0 Å². The van der Waals surface area contributed by atoms with E-state index in [4.69, 9.17) is 16.3 Å². The summed E-state index contributed by atoms with van der Waals surface area (Å²) in [6, 6.07) is 2.58. The number of aromatic hydroxyl groups is 1. The van der Waals surface area contributed by atoms with Crippen LogP contribution in [0, 0.1) is 12.8 Å². The lowest BCUT2D eigenvalue weighted by atomic mass is 9.59. The van der Waals surface area contributed by atoms with E-state index < -0.39 is 53.0 Å². The van der Waals surface area contributed by atoms with Crippen molar-refractivity contribution in [3.8, 4) is 5.75 Å². The van der Waals surface area contributed by atoms with Gasteiger partial charge in [0.15, 0.2) is 17.3 Å². The summed E-state index contributed by atoms with van der Waals surface area (Å²) < 4.78 is 64.8. The van der Waals surface area contributed by atoms with E-state index in [1.165, 1.54) is 11.8 Å². The van der Waals surface area contributed by atoms with Crippen molar-refractivity contribution < 1.29 is 37.0 Å². The molecular weight excluding hydrogens is 712 g/mol. The fourth-order valence-corrected chi connectivity index (χ4v) is 8.48. The molecule has 0 radical (unpaired) electrons. The molecule has 272 valence electrons. The number of anilines is 1. The fourth-order valence-electron chi connectivity index (χ4n) is 8.25. The van der Waals surface area contributed by atoms with Gasteiger partial charge in [0.2, 0.25) is 11.7 Å². The van der Waals surface area contributed by atoms with Crippen LogP contribution in [0.15, 0.2) is 35.4 Å². The summed E-state index contributed by atoms with van der Waals surface area (Å²) in [6.45, 7) is 1.50. The number of nitrogens with one attached hydrogen (secondary N) is 1. The Hall–Kier alpha value is -4.90. The zero-order chi connectivity index (χ0) is 36.7. The number of rotatable bonds is 5. The van der Waals surface area contributed by atoms with Crippen molar-refractivity contribution in [3.63, 3.8) is 0 Å². The smallest absolute Gasteiger partial charge is 0.416 e. The largest absolute Gasteiger partial charge is 0.504 e. The van der Waals surface area contributed by atoms with E-state index in [1.807, 2.05) is 0 Å². The van der Waals surface area contributed by atoms with Crippen LogP contribution in [-0.4, -0.2) is 83.4 Å². The number of hydrogen-bond donors (Lipinski definition) is 2. The van der Waals surface area contributed by atoms with Gasteiger partial charge < -0.3 is 24.6 Å². The number of fused-ring (bicyclic) bond motifs is 6. The number of piperidine rings is 1. The van der Waals surface area contributed by atoms with Gasteiger partial charge in [0, 0.05) is 29.1 Å². The highest BCUT2D eigenvalue weighted by Gasteiger charge is 2.64. The lowest BCUT2D eigenvalue weighted by molar-refractivity contribution is -0.137. The van der Waals surface area contributed by atoms with E-state index in [2.05, 4.69) is 25.4 Å². The van der Waals surface area contributed by atoms with Gasteiger partial charge in [-0.3, -0.25) is 14.4 Å². The number of benzene rings is 1. The maximum absolute atomic E-state index is 17.0. The molecule has 2 fully saturated rings. The zero-order valence-corrected chi connectivity index (χ0v) is 28.3. The first-order chi connectivity index (χ1) is 24.8. The monoisotopic (exact) mass is 742 g/mol. The molecule has 4 atom stereocenters. The normalized spacial score (nSPS) is 24.0. The molecule has 1 saturated heterocycles. The van der Waals surface area contributed by atoms with E-state index >= 15 is 4.39 Å². The minimum Gasteiger partial charge on any atom is -0.504 e. The van der Waals surface area contributed by atoms with Crippen LogP contribution in [-0.2, 0) is 27.7 Å². The van der Waals surface area contributed by atoms with E-state index in [0.717, 1.165) is 28.5 Å². The first-order valence-electron chi connectivity index (χ1n) is 16.7. The number of likely N-dealkylation sites (tertiary alicyclic amines) is 1. The summed E-state index contributed by atoms with van der Waals surface area (Å²) in [5, 5.41) is 17.3. The van der Waals surface area contributed by atoms with Crippen molar-refractivity contribution in [2.45, 2.75) is 62.8 Å². The second kappa shape index (κ2) is 12.4. The Bertz CT molecular complexity index is 2260. The Morgan fingerprint density at radius 1 is 1.21 bits per heavy atom. The number of nitrogens with zero attached hydrogens (tertiary/aromatic N) is 7. The highest BCUT2D eigenvalue weighted by atomic mass is 35.5. The van der Waals surface area contributed by atoms with E-state index in [1.54, 1.807) is 10.6 Å². The molecule has 3 aromatic heterocycles. The molecule has 2 aliphatic carbocycles. The Morgan fingerprint density at radius 3 is 2.69 bits per heavy atom. The molecule has 1 spiro atoms. The number of carbonyl (C=O) groups excluding carboxylic acids is 2. The topological polar surface area (TPSA) is 157 Å². The van der Waals surface area contributed by atoms with Crippen molar-refractivity contribution >= 4 is 40.5 Å². The third-order valence-corrected chi connectivity index (χ3v) is 11.2. The number of hydrogen-bond acceptors (Lipinski definition) is 9. The Balaban J connectivity index is 1.20. The predicted molar refractivity (Wildman–Crippen MR) is 177 cm³/mol. The summed E-state index contributed by atoms with van der Waals surface area (Å²) in [4.78, 5) is 55.4. The van der Waals surface area contributed by atoms with Crippen LogP contribution in [0.2, 0.25) is 5.02 Å². The SMILES string of the molecule is Cc1ncnc(C(=O)N2CC[C@]3(c4c(n(CC(=O)Nc5ccc(C(F)(F)F)cc5Cl)c5nc(C6=CCOCC6)nn5c4=O)[C@H]4CC[C@H]43)[C@@H](F)C2)c1O. The Kier molecular flexibility index (Phi) is 8.13. The number of alkyl halides is 4. The predicted octanol–water partition coefficient (Wildman–Crippen LogP) is 4.44. The molecule has 2 aliphatic heterocycles. The van der Waals surface area contributed by atoms with E-state index in [-0.39, 0.29) is 70.6 Å². The molecule has 18 heteroatoms. The zero-order valence-electron chi connectivity index (χ0n) is 27.6. The van der Waals surface area contributed by atoms with Crippen LogP contribution < -0.4 is 10.9 Å². The minimum atomic E-state index is -4.64. The molecule has 52 heavy (non-hydrogen) atoms. The molecule has 13 nitrogen and oxygen atoms in total. The Morgan fingerprint density at radius 2 is 2.02 bits per heavy atom. The number of amides is 2. The van der Waals surface area contributed by atoms with Crippen molar-refractivity contribution in [3.05, 3.63) is 80.0 Å². The molecule has 2 amide bonds. The van der Waals surface area contributed by atoms with Crippen LogP contribution in [0.3, 0.4) is 0 Å². The van der Waals surface area contributed by atoms with E-state index in [9.17, 15) is 32.7 Å². The lowest BCUT2D eigenvalue weighted by Crippen LogP contribution is -2.58. The van der Waals surface area contributed by atoms with Crippen LogP contribution in [0.5, 0.6) is 5.75 Å². The molecule has 1 saturated carbocycles. The molecule has 8 rings (SSSR count). The second-order valence-corrected chi connectivity index (χ2v) is 14.0. The van der Waals surface area contributed by atoms with Gasteiger partial charge in [-0.15, -0.1) is 5.10 Å². The van der Waals surface area contributed by atoms with Crippen LogP contribution in [0.1, 0.15) is 70.4 Å². The number of halogens is 5. The van der Waals surface area contributed by atoms with Gasteiger partial charge >= 0.3 is 6.18 Å². The van der Waals surface area contributed by atoms with Gasteiger partial charge in [0.05, 0.1) is 41.7 Å². The van der Waals surface area contributed by atoms with Crippen LogP contribution in [0.25, 0.3) is 11.4 Å². The molecule has 2 N–H and O–H groups in total. The van der Waals surface area contributed by atoms with Gasteiger partial charge in [-0.1, -0.05) is 17.7 Å². The van der Waals surface area contributed by atoms with Gasteiger partial charge in [-0.25, -0.2) is 14.4 Å². The standard InChI is InChI=1S/C34H31ClF4N8O5/c1-16-28(49)26(41-15-40-16)31(51)45-9-8-33(23(36)13-45)20-4-3-19(20)27-25(33)30(50)47-32(43-29(44-47)17-6-10-52-11-7-17)46(27)14-24(48)42-22-5-2-18(12-21(22)35)34(37,38)39/h2,5-6,12,15,19-20,23,49H,3-4,7-11,13-14H2,1H3,(H,42,48)/t19-,20+,23-,33+/m0/s1. The third-order valence-electron chi connectivity index (χ3n) is 10.9. The Labute approximate surface area is 297 Å². The van der Waals surface area contributed by atoms with Crippen molar-refractivity contribution in [2.24, 2.45) is 5.92 Å². The van der Waals surface area contributed by atoms with Gasteiger partial charge in [0.25, 0.3) is 11.5 Å². The molecule has 4 aromatic rings. The second-order valence-electron chi connectivity index (χ2n) is 13.5. The maximum atomic E-state index is 17.0. The van der Waals surface area contributed by atoms with Crippen molar-refractivity contribution in [1.29, 1.82) is 0 Å². The third kappa shape index (κ3) is 5.26. The highest BCUT2D eigenvalue weighted by Crippen LogP contribution is 2.63. The molecule has 4 aliphatic rings. The average molecular weight is 743 g/mol. The van der Waals surface area contributed by atoms with Crippen molar-refractivity contribution in [2.75, 3.05) is 31.6 Å². The summed E-state index contributed by atoms with van der Waals surface area (Å²) in [5.74, 6) is -2.05. The summed E-state index contributed by atoms with van der Waals surface area (Å²) in [6.07, 6.45) is -1.64. The van der Waals surface area contributed by atoms with E-state index in [0.29, 0.717) is 44.2 Å². The number of aryl methyl sites for hydroxylation is 1. The lowest BCUT2D eigenvalue weighted by Gasteiger charge is -2.49. The molecular formula is C34H31ClF4N8O5. The molecule has 1 aromatic carbocycles. The molecule has 0 bridgehead atoms. The van der Waals surface area contributed by atoms with Crippen molar-refractivity contribution in [1.82, 2.24) is 34.0 Å². The maximum Gasteiger partial charge on any atom is 0.416 e. The van der Waals surface area contributed by atoms with Gasteiger partial charge in [-0.2, -0.15) is 22.7 Å².